The fourth-order valence-corrected chi connectivity index (χ4v) is 2.12. The monoisotopic (exact) mass is 307 g/mol. The average Bonchev–Trinajstić information content (AvgIpc) is 3.29. The molecule has 112 valence electrons. The summed E-state index contributed by atoms with van der Waals surface area (Å²) in [6.07, 6.45) is 0. The SMILES string of the molecule is Oc1ccc(-c2cc(-c3nn[nH]n3)nc(-c3nn[nH]n3)c2)cc1. The highest BCUT2D eigenvalue weighted by atomic mass is 16.3. The number of aromatic amines is 2. The predicted octanol–water partition coefficient (Wildman–Crippen LogP) is 0.814. The number of rotatable bonds is 3. The summed E-state index contributed by atoms with van der Waals surface area (Å²) in [7, 11) is 0. The quantitative estimate of drug-likeness (QED) is 0.504. The highest BCUT2D eigenvalue weighted by molar-refractivity contribution is 5.73. The molecule has 0 aliphatic carbocycles. The van der Waals surface area contributed by atoms with Crippen molar-refractivity contribution in [3.05, 3.63) is 36.4 Å². The van der Waals surface area contributed by atoms with Crippen LogP contribution in [0, 0.1) is 0 Å². The molecule has 0 aliphatic rings. The third kappa shape index (κ3) is 2.48. The molecule has 0 saturated heterocycles. The minimum absolute atomic E-state index is 0.194. The molecule has 0 unspecified atom stereocenters. The van der Waals surface area contributed by atoms with Crippen molar-refractivity contribution in [1.29, 1.82) is 0 Å². The molecule has 0 amide bonds. The maximum atomic E-state index is 9.44. The van der Waals surface area contributed by atoms with E-state index in [-0.39, 0.29) is 5.75 Å². The van der Waals surface area contributed by atoms with Gasteiger partial charge in [-0.25, -0.2) is 4.98 Å². The van der Waals surface area contributed by atoms with Gasteiger partial charge in [0.25, 0.3) is 0 Å². The lowest BCUT2D eigenvalue weighted by Crippen LogP contribution is -1.94. The predicted molar refractivity (Wildman–Crippen MR) is 77.7 cm³/mol. The van der Waals surface area contributed by atoms with Gasteiger partial charge in [-0.3, -0.25) is 0 Å². The van der Waals surface area contributed by atoms with E-state index in [0.29, 0.717) is 23.0 Å². The summed E-state index contributed by atoms with van der Waals surface area (Å²) < 4.78 is 0. The van der Waals surface area contributed by atoms with Crippen molar-refractivity contribution in [2.45, 2.75) is 0 Å². The Morgan fingerprint density at radius 1 is 0.739 bits per heavy atom. The number of hydrogen-bond donors (Lipinski definition) is 3. The van der Waals surface area contributed by atoms with Crippen LogP contribution in [-0.2, 0) is 0 Å². The number of aromatic nitrogens is 9. The van der Waals surface area contributed by atoms with E-state index in [1.165, 1.54) is 0 Å². The van der Waals surface area contributed by atoms with E-state index in [2.05, 4.69) is 46.2 Å². The number of tetrazole rings is 2. The van der Waals surface area contributed by atoms with Gasteiger partial charge in [0.15, 0.2) is 0 Å². The van der Waals surface area contributed by atoms with Crippen LogP contribution in [0.3, 0.4) is 0 Å². The van der Waals surface area contributed by atoms with Gasteiger partial charge >= 0.3 is 0 Å². The molecule has 1 aromatic carbocycles. The second-order valence-electron chi connectivity index (χ2n) is 4.64. The minimum Gasteiger partial charge on any atom is -0.508 e. The topological polar surface area (TPSA) is 142 Å². The molecule has 10 heteroatoms. The van der Waals surface area contributed by atoms with Gasteiger partial charge in [0.1, 0.15) is 17.1 Å². The molecule has 23 heavy (non-hydrogen) atoms. The van der Waals surface area contributed by atoms with Gasteiger partial charge in [-0.1, -0.05) is 12.1 Å². The molecule has 0 atom stereocenters. The van der Waals surface area contributed by atoms with Crippen LogP contribution in [0.15, 0.2) is 36.4 Å². The second-order valence-corrected chi connectivity index (χ2v) is 4.64. The Kier molecular flexibility index (Phi) is 2.97. The minimum atomic E-state index is 0.194. The van der Waals surface area contributed by atoms with E-state index >= 15 is 0 Å². The molecule has 0 fully saturated rings. The first-order valence-corrected chi connectivity index (χ1v) is 6.59. The second kappa shape index (κ2) is 5.26. The molecule has 0 saturated carbocycles. The molecule has 3 heterocycles. The van der Waals surface area contributed by atoms with Crippen LogP contribution < -0.4 is 0 Å². The first-order chi connectivity index (χ1) is 11.3. The third-order valence-electron chi connectivity index (χ3n) is 3.17. The van der Waals surface area contributed by atoms with E-state index < -0.39 is 0 Å². The van der Waals surface area contributed by atoms with Crippen molar-refractivity contribution in [1.82, 2.24) is 46.2 Å². The van der Waals surface area contributed by atoms with Crippen molar-refractivity contribution in [3.63, 3.8) is 0 Å². The van der Waals surface area contributed by atoms with Crippen LogP contribution in [0.1, 0.15) is 0 Å². The average molecular weight is 307 g/mol. The van der Waals surface area contributed by atoms with E-state index in [0.717, 1.165) is 11.1 Å². The van der Waals surface area contributed by atoms with E-state index in [9.17, 15) is 5.11 Å². The fraction of sp³-hybridized carbons (Fsp3) is 0. The van der Waals surface area contributed by atoms with Gasteiger partial charge < -0.3 is 5.11 Å². The van der Waals surface area contributed by atoms with Crippen molar-refractivity contribution in [3.8, 4) is 39.9 Å². The first-order valence-electron chi connectivity index (χ1n) is 6.59. The van der Waals surface area contributed by atoms with Crippen molar-refractivity contribution >= 4 is 0 Å². The number of hydrogen-bond acceptors (Lipinski definition) is 8. The Morgan fingerprint density at radius 3 is 1.78 bits per heavy atom. The number of phenols is 1. The highest BCUT2D eigenvalue weighted by Crippen LogP contribution is 2.28. The normalized spacial score (nSPS) is 10.8. The fourth-order valence-electron chi connectivity index (χ4n) is 2.12. The van der Waals surface area contributed by atoms with Gasteiger partial charge in [0.2, 0.25) is 11.6 Å². The number of H-pyrrole nitrogens is 2. The number of pyridine rings is 1. The Labute approximate surface area is 128 Å². The molecule has 0 radical (unpaired) electrons. The van der Waals surface area contributed by atoms with Crippen LogP contribution in [0.25, 0.3) is 34.2 Å². The molecule has 4 aromatic rings. The number of nitrogens with zero attached hydrogens (tertiary/aromatic N) is 7. The lowest BCUT2D eigenvalue weighted by atomic mass is 10.0. The maximum Gasteiger partial charge on any atom is 0.223 e. The molecule has 10 nitrogen and oxygen atoms in total. The lowest BCUT2D eigenvalue weighted by molar-refractivity contribution is 0.475. The van der Waals surface area contributed by atoms with Gasteiger partial charge in [-0.2, -0.15) is 10.4 Å². The lowest BCUT2D eigenvalue weighted by Gasteiger charge is -2.06. The summed E-state index contributed by atoms with van der Waals surface area (Å²) >= 11 is 0. The molecule has 0 aliphatic heterocycles. The zero-order chi connectivity index (χ0) is 15.6. The molecular formula is C13H9N9O. The molecule has 3 N–H and O–H groups in total. The van der Waals surface area contributed by atoms with Crippen molar-refractivity contribution in [2.24, 2.45) is 0 Å². The third-order valence-corrected chi connectivity index (χ3v) is 3.17. The summed E-state index contributed by atoms with van der Waals surface area (Å²) in [5.41, 5.74) is 2.77. The number of phenolic OH excluding ortho intramolecular Hbond substituents is 1. The van der Waals surface area contributed by atoms with Gasteiger partial charge in [-0.15, -0.1) is 20.4 Å². The van der Waals surface area contributed by atoms with Crippen LogP contribution >= 0.6 is 0 Å². The summed E-state index contributed by atoms with van der Waals surface area (Å²) in [6, 6.07) is 10.5. The maximum absolute atomic E-state index is 9.44. The summed E-state index contributed by atoms with van der Waals surface area (Å²) in [5.74, 6) is 0.908. The zero-order valence-electron chi connectivity index (χ0n) is 11.5. The van der Waals surface area contributed by atoms with E-state index in [1.807, 2.05) is 12.1 Å². The molecule has 3 aromatic heterocycles. The Balaban J connectivity index is 1.89. The first kappa shape index (κ1) is 13.0. The van der Waals surface area contributed by atoms with Crippen LogP contribution in [0.5, 0.6) is 5.75 Å². The Morgan fingerprint density at radius 2 is 1.30 bits per heavy atom. The van der Waals surface area contributed by atoms with E-state index in [1.54, 1.807) is 24.3 Å². The summed E-state index contributed by atoms with van der Waals surface area (Å²) in [6.45, 7) is 0. The number of nitrogens with one attached hydrogen (secondary N) is 2. The van der Waals surface area contributed by atoms with Gasteiger partial charge in [0.05, 0.1) is 0 Å². The molecule has 0 bridgehead atoms. The molecular weight excluding hydrogens is 298 g/mol. The number of benzene rings is 1. The molecule has 0 spiro atoms. The van der Waals surface area contributed by atoms with Crippen LogP contribution in [0.4, 0.5) is 0 Å². The zero-order valence-corrected chi connectivity index (χ0v) is 11.5. The van der Waals surface area contributed by atoms with Crippen molar-refractivity contribution in [2.75, 3.05) is 0 Å². The largest absolute Gasteiger partial charge is 0.508 e. The van der Waals surface area contributed by atoms with E-state index in [4.69, 9.17) is 0 Å². The highest BCUT2D eigenvalue weighted by Gasteiger charge is 2.13. The number of aromatic hydroxyl groups is 1. The summed E-state index contributed by atoms with van der Waals surface area (Å²) in [4.78, 5) is 4.44. The van der Waals surface area contributed by atoms with Gasteiger partial charge in [-0.05, 0) is 45.8 Å². The smallest absolute Gasteiger partial charge is 0.223 e. The van der Waals surface area contributed by atoms with Gasteiger partial charge in [0, 0.05) is 0 Å². The standard InChI is InChI=1S/C13H9N9O/c23-9-3-1-7(2-4-9)8-5-10(12-15-19-20-16-12)14-11(6-8)13-17-21-22-18-13/h1-6,23H,(H,15,16,19,20)(H,17,18,21,22). The molecule has 4 rings (SSSR count). The Hall–Kier alpha value is -3.69. The van der Waals surface area contributed by atoms with Crippen molar-refractivity contribution < 1.29 is 5.11 Å². The van der Waals surface area contributed by atoms with Crippen LogP contribution in [0.2, 0.25) is 0 Å². The Bertz CT molecular complexity index is 864. The summed E-state index contributed by atoms with van der Waals surface area (Å²) in [5, 5.41) is 37.1. The van der Waals surface area contributed by atoms with Crippen LogP contribution in [-0.4, -0.2) is 51.3 Å².